The fourth-order valence-corrected chi connectivity index (χ4v) is 2.78. The van der Waals surface area contributed by atoms with E-state index in [0.717, 1.165) is 31.7 Å². The third-order valence-corrected chi connectivity index (χ3v) is 3.77. The standard InChI is InChI=1S/C14H18F3N3O/c15-14(16,17)11-7-10(5-6-12(11)18)20(8-13(19)21)9-3-1-2-4-9/h5-7,9H,1-4,8,18H2,(H2,19,21). The highest BCUT2D eigenvalue weighted by molar-refractivity contribution is 5.80. The molecule has 0 atom stereocenters. The van der Waals surface area contributed by atoms with E-state index < -0.39 is 17.6 Å². The number of carbonyl (C=O) groups is 1. The normalized spacial score (nSPS) is 16.1. The van der Waals surface area contributed by atoms with Crippen LogP contribution in [-0.4, -0.2) is 18.5 Å². The number of nitrogens with two attached hydrogens (primary N) is 2. The van der Waals surface area contributed by atoms with Crippen LogP contribution in [0.15, 0.2) is 18.2 Å². The monoisotopic (exact) mass is 301 g/mol. The van der Waals surface area contributed by atoms with E-state index in [2.05, 4.69) is 0 Å². The molecule has 1 aliphatic carbocycles. The number of alkyl halides is 3. The highest BCUT2D eigenvalue weighted by Crippen LogP contribution is 2.37. The van der Waals surface area contributed by atoms with Crippen LogP contribution in [0.4, 0.5) is 24.5 Å². The Morgan fingerprint density at radius 3 is 2.43 bits per heavy atom. The predicted molar refractivity (Wildman–Crippen MR) is 74.7 cm³/mol. The van der Waals surface area contributed by atoms with Gasteiger partial charge in [0.2, 0.25) is 5.91 Å². The van der Waals surface area contributed by atoms with Crippen LogP contribution in [-0.2, 0) is 11.0 Å². The summed E-state index contributed by atoms with van der Waals surface area (Å²) in [7, 11) is 0. The number of hydrogen-bond acceptors (Lipinski definition) is 3. The number of amides is 1. The van der Waals surface area contributed by atoms with Crippen molar-refractivity contribution in [1.29, 1.82) is 0 Å². The molecule has 0 aromatic heterocycles. The molecule has 1 saturated carbocycles. The summed E-state index contributed by atoms with van der Waals surface area (Å²) >= 11 is 0. The lowest BCUT2D eigenvalue weighted by atomic mass is 10.1. The summed E-state index contributed by atoms with van der Waals surface area (Å²) in [6, 6.07) is 3.77. The zero-order valence-corrected chi connectivity index (χ0v) is 11.5. The van der Waals surface area contributed by atoms with Gasteiger partial charge in [-0.1, -0.05) is 12.8 Å². The van der Waals surface area contributed by atoms with Gasteiger partial charge in [0.05, 0.1) is 12.1 Å². The number of rotatable bonds is 4. The van der Waals surface area contributed by atoms with Crippen LogP contribution >= 0.6 is 0 Å². The Kier molecular flexibility index (Phi) is 4.29. The first-order valence-electron chi connectivity index (χ1n) is 6.80. The third kappa shape index (κ3) is 3.59. The van der Waals surface area contributed by atoms with Crippen LogP contribution in [0.1, 0.15) is 31.2 Å². The lowest BCUT2D eigenvalue weighted by Gasteiger charge is -2.30. The molecule has 0 heterocycles. The topological polar surface area (TPSA) is 72.4 Å². The smallest absolute Gasteiger partial charge is 0.398 e. The number of benzene rings is 1. The molecule has 0 spiro atoms. The van der Waals surface area contributed by atoms with E-state index in [1.165, 1.54) is 12.1 Å². The molecule has 116 valence electrons. The van der Waals surface area contributed by atoms with Crippen molar-refractivity contribution in [2.75, 3.05) is 17.2 Å². The van der Waals surface area contributed by atoms with Gasteiger partial charge < -0.3 is 16.4 Å². The molecule has 0 aliphatic heterocycles. The maximum Gasteiger partial charge on any atom is 0.418 e. The molecule has 1 aliphatic rings. The maximum absolute atomic E-state index is 12.9. The van der Waals surface area contributed by atoms with E-state index >= 15 is 0 Å². The molecule has 4 nitrogen and oxygen atoms in total. The summed E-state index contributed by atoms with van der Waals surface area (Å²) in [5, 5.41) is 0. The Morgan fingerprint density at radius 1 is 1.29 bits per heavy atom. The lowest BCUT2D eigenvalue weighted by molar-refractivity contribution is -0.136. The zero-order valence-electron chi connectivity index (χ0n) is 11.5. The zero-order chi connectivity index (χ0) is 15.6. The highest BCUT2D eigenvalue weighted by atomic mass is 19.4. The summed E-state index contributed by atoms with van der Waals surface area (Å²) in [4.78, 5) is 12.9. The molecule has 2 rings (SSSR count). The maximum atomic E-state index is 12.9. The van der Waals surface area contributed by atoms with Gasteiger partial charge >= 0.3 is 6.18 Å². The molecule has 21 heavy (non-hydrogen) atoms. The molecular formula is C14H18F3N3O. The van der Waals surface area contributed by atoms with Gasteiger partial charge in [0, 0.05) is 17.4 Å². The van der Waals surface area contributed by atoms with Crippen molar-refractivity contribution in [2.24, 2.45) is 5.73 Å². The number of nitrogens with zero attached hydrogens (tertiary/aromatic N) is 1. The van der Waals surface area contributed by atoms with E-state index in [1.807, 2.05) is 0 Å². The average Bonchev–Trinajstić information content (AvgIpc) is 2.88. The molecule has 4 N–H and O–H groups in total. The van der Waals surface area contributed by atoms with Gasteiger partial charge in [0.1, 0.15) is 0 Å². The molecule has 0 saturated heterocycles. The van der Waals surface area contributed by atoms with E-state index in [4.69, 9.17) is 11.5 Å². The quantitative estimate of drug-likeness (QED) is 0.839. The van der Waals surface area contributed by atoms with Gasteiger partial charge in [0.25, 0.3) is 0 Å². The Bertz CT molecular complexity index is 525. The van der Waals surface area contributed by atoms with Gasteiger partial charge in [-0.05, 0) is 31.0 Å². The molecule has 7 heteroatoms. The van der Waals surface area contributed by atoms with Crippen LogP contribution in [0, 0.1) is 0 Å². The van der Waals surface area contributed by atoms with E-state index in [9.17, 15) is 18.0 Å². The molecule has 1 fully saturated rings. The van der Waals surface area contributed by atoms with E-state index in [-0.39, 0.29) is 18.3 Å². The fourth-order valence-electron chi connectivity index (χ4n) is 2.78. The number of halogens is 3. The second-order valence-electron chi connectivity index (χ2n) is 5.30. The summed E-state index contributed by atoms with van der Waals surface area (Å²) in [5.74, 6) is -0.563. The Hall–Kier alpha value is -1.92. The van der Waals surface area contributed by atoms with Crippen molar-refractivity contribution in [3.8, 4) is 0 Å². The molecule has 0 unspecified atom stereocenters. The van der Waals surface area contributed by atoms with Gasteiger partial charge in [-0.3, -0.25) is 4.79 Å². The molecular weight excluding hydrogens is 283 g/mol. The summed E-state index contributed by atoms with van der Waals surface area (Å²) < 4.78 is 38.8. The first-order chi connectivity index (χ1) is 9.79. The minimum absolute atomic E-state index is 0.0437. The van der Waals surface area contributed by atoms with Crippen LogP contribution in [0.2, 0.25) is 0 Å². The Morgan fingerprint density at radius 2 is 1.90 bits per heavy atom. The first kappa shape index (κ1) is 15.5. The lowest BCUT2D eigenvalue weighted by Crippen LogP contribution is -2.40. The predicted octanol–water partition coefficient (Wildman–Crippen LogP) is 2.52. The van der Waals surface area contributed by atoms with Crippen molar-refractivity contribution < 1.29 is 18.0 Å². The molecule has 0 bridgehead atoms. The number of hydrogen-bond donors (Lipinski definition) is 2. The second kappa shape index (κ2) is 5.83. The van der Waals surface area contributed by atoms with Crippen LogP contribution in [0.3, 0.4) is 0 Å². The number of nitrogen functional groups attached to an aromatic ring is 1. The van der Waals surface area contributed by atoms with Gasteiger partial charge in [-0.25, -0.2) is 0 Å². The van der Waals surface area contributed by atoms with Crippen molar-refractivity contribution in [1.82, 2.24) is 0 Å². The van der Waals surface area contributed by atoms with Crippen LogP contribution < -0.4 is 16.4 Å². The van der Waals surface area contributed by atoms with Gasteiger partial charge in [-0.15, -0.1) is 0 Å². The minimum atomic E-state index is -4.52. The van der Waals surface area contributed by atoms with Gasteiger partial charge in [-0.2, -0.15) is 13.2 Å². The van der Waals surface area contributed by atoms with Crippen LogP contribution in [0.5, 0.6) is 0 Å². The van der Waals surface area contributed by atoms with E-state index in [1.54, 1.807) is 4.90 Å². The average molecular weight is 301 g/mol. The SMILES string of the molecule is NC(=O)CN(c1ccc(N)c(C(F)(F)F)c1)C1CCCC1. The molecule has 1 aromatic rings. The molecule has 1 aromatic carbocycles. The molecule has 0 radical (unpaired) electrons. The summed E-state index contributed by atoms with van der Waals surface area (Å²) in [6.45, 7) is -0.0914. The fraction of sp³-hybridized carbons (Fsp3) is 0.500. The first-order valence-corrected chi connectivity index (χ1v) is 6.80. The minimum Gasteiger partial charge on any atom is -0.398 e. The van der Waals surface area contributed by atoms with Crippen molar-refractivity contribution in [3.05, 3.63) is 23.8 Å². The van der Waals surface area contributed by atoms with Gasteiger partial charge in [0.15, 0.2) is 0 Å². The number of primary amides is 1. The summed E-state index contributed by atoms with van der Waals surface area (Å²) in [5.41, 5.74) is 9.76. The Balaban J connectivity index is 2.37. The van der Waals surface area contributed by atoms with Crippen molar-refractivity contribution >= 4 is 17.3 Å². The van der Waals surface area contributed by atoms with Crippen molar-refractivity contribution in [2.45, 2.75) is 37.9 Å². The second-order valence-corrected chi connectivity index (χ2v) is 5.30. The van der Waals surface area contributed by atoms with E-state index in [0.29, 0.717) is 5.69 Å². The third-order valence-electron chi connectivity index (χ3n) is 3.77. The Labute approximate surface area is 120 Å². The highest BCUT2D eigenvalue weighted by Gasteiger charge is 2.34. The number of anilines is 2. The summed E-state index contributed by atoms with van der Waals surface area (Å²) in [6.07, 6.45) is -0.825. The molecule has 1 amide bonds. The van der Waals surface area contributed by atoms with Crippen LogP contribution in [0.25, 0.3) is 0 Å². The number of carbonyl (C=O) groups excluding carboxylic acids is 1. The largest absolute Gasteiger partial charge is 0.418 e. The van der Waals surface area contributed by atoms with Crippen molar-refractivity contribution in [3.63, 3.8) is 0 Å².